The summed E-state index contributed by atoms with van der Waals surface area (Å²) < 4.78 is 5.09. The standard InChI is InChI=1S/C22H17N3O4/c1-29-17-5-3-16(4-6-17)24-20(26)15-2-7-18-19(12-15)22(28)25(21(18)27)13-14-8-10-23-11-9-14/h2-12H,13H2,1H3,(H,24,26). The van der Waals surface area contributed by atoms with Crippen LogP contribution in [0.25, 0.3) is 0 Å². The predicted octanol–water partition coefficient (Wildman–Crippen LogP) is 3.14. The number of hydrogen-bond acceptors (Lipinski definition) is 5. The van der Waals surface area contributed by atoms with E-state index in [0.717, 1.165) is 5.56 Å². The van der Waals surface area contributed by atoms with Gasteiger partial charge < -0.3 is 10.1 Å². The number of rotatable bonds is 5. The molecule has 0 unspecified atom stereocenters. The van der Waals surface area contributed by atoms with Crippen molar-refractivity contribution in [3.05, 3.63) is 89.2 Å². The van der Waals surface area contributed by atoms with Crippen LogP contribution in [0.4, 0.5) is 5.69 Å². The lowest BCUT2D eigenvalue weighted by Crippen LogP contribution is -2.29. The normalized spacial score (nSPS) is 12.7. The molecule has 1 N–H and O–H groups in total. The number of nitrogens with one attached hydrogen (secondary N) is 1. The fraction of sp³-hybridized carbons (Fsp3) is 0.0909. The molecule has 2 aromatic carbocycles. The number of aromatic nitrogens is 1. The lowest BCUT2D eigenvalue weighted by atomic mass is 10.1. The first-order chi connectivity index (χ1) is 14.1. The number of imide groups is 1. The van der Waals surface area contributed by atoms with E-state index in [0.29, 0.717) is 22.6 Å². The average molecular weight is 387 g/mol. The van der Waals surface area contributed by atoms with Gasteiger partial charge in [0.05, 0.1) is 24.8 Å². The van der Waals surface area contributed by atoms with E-state index in [9.17, 15) is 14.4 Å². The Bertz CT molecular complexity index is 1090. The minimum atomic E-state index is -0.416. The molecular formula is C22H17N3O4. The second kappa shape index (κ2) is 7.55. The van der Waals surface area contributed by atoms with Crippen molar-refractivity contribution >= 4 is 23.4 Å². The molecule has 0 atom stereocenters. The van der Waals surface area contributed by atoms with Gasteiger partial charge in [0.1, 0.15) is 5.75 Å². The van der Waals surface area contributed by atoms with Crippen molar-refractivity contribution in [1.82, 2.24) is 9.88 Å². The first-order valence-corrected chi connectivity index (χ1v) is 8.91. The second-order valence-electron chi connectivity index (χ2n) is 6.49. The van der Waals surface area contributed by atoms with Crippen LogP contribution in [0.3, 0.4) is 0 Å². The number of pyridine rings is 1. The monoisotopic (exact) mass is 387 g/mol. The van der Waals surface area contributed by atoms with Crippen molar-refractivity contribution in [2.45, 2.75) is 6.54 Å². The van der Waals surface area contributed by atoms with Crippen LogP contribution in [0.1, 0.15) is 36.6 Å². The van der Waals surface area contributed by atoms with Gasteiger partial charge >= 0.3 is 0 Å². The minimum Gasteiger partial charge on any atom is -0.497 e. The van der Waals surface area contributed by atoms with Crippen molar-refractivity contribution in [2.75, 3.05) is 12.4 Å². The number of ether oxygens (including phenoxy) is 1. The van der Waals surface area contributed by atoms with Crippen LogP contribution in [0.5, 0.6) is 5.75 Å². The Morgan fingerprint density at radius 3 is 2.34 bits per heavy atom. The Morgan fingerprint density at radius 1 is 0.966 bits per heavy atom. The molecule has 7 heteroatoms. The zero-order chi connectivity index (χ0) is 20.4. The summed E-state index contributed by atoms with van der Waals surface area (Å²) in [5.41, 5.74) is 2.22. The lowest BCUT2D eigenvalue weighted by Gasteiger charge is -2.13. The molecular weight excluding hydrogens is 370 g/mol. The Morgan fingerprint density at radius 2 is 1.66 bits per heavy atom. The number of benzene rings is 2. The van der Waals surface area contributed by atoms with Gasteiger partial charge in [-0.15, -0.1) is 0 Å². The van der Waals surface area contributed by atoms with Crippen LogP contribution in [0, 0.1) is 0 Å². The Hall–Kier alpha value is -4.00. The van der Waals surface area contributed by atoms with E-state index in [-0.39, 0.29) is 23.9 Å². The number of carbonyl (C=O) groups is 3. The molecule has 7 nitrogen and oxygen atoms in total. The van der Waals surface area contributed by atoms with Crippen molar-refractivity contribution in [3.8, 4) is 5.75 Å². The molecule has 1 aliphatic heterocycles. The minimum absolute atomic E-state index is 0.155. The fourth-order valence-corrected chi connectivity index (χ4v) is 3.12. The van der Waals surface area contributed by atoms with Gasteiger partial charge in [-0.3, -0.25) is 24.3 Å². The van der Waals surface area contributed by atoms with Crippen LogP contribution in [-0.2, 0) is 6.54 Å². The van der Waals surface area contributed by atoms with Gasteiger partial charge in [0.15, 0.2) is 0 Å². The molecule has 1 aliphatic rings. The van der Waals surface area contributed by atoms with Crippen molar-refractivity contribution in [1.29, 1.82) is 0 Å². The molecule has 1 aromatic heterocycles. The highest BCUT2D eigenvalue weighted by molar-refractivity contribution is 6.22. The van der Waals surface area contributed by atoms with Gasteiger partial charge in [-0.25, -0.2) is 0 Å². The number of hydrogen-bond donors (Lipinski definition) is 1. The molecule has 4 rings (SSSR count). The van der Waals surface area contributed by atoms with Gasteiger partial charge in [-0.1, -0.05) is 0 Å². The third-order valence-electron chi connectivity index (χ3n) is 4.67. The second-order valence-corrected chi connectivity index (χ2v) is 6.49. The maximum atomic E-state index is 12.8. The molecule has 29 heavy (non-hydrogen) atoms. The van der Waals surface area contributed by atoms with Crippen LogP contribution in [0.2, 0.25) is 0 Å². The van der Waals surface area contributed by atoms with Crippen molar-refractivity contribution < 1.29 is 19.1 Å². The average Bonchev–Trinajstić information content (AvgIpc) is 2.99. The molecule has 144 valence electrons. The number of carbonyl (C=O) groups excluding carboxylic acids is 3. The van der Waals surface area contributed by atoms with Gasteiger partial charge in [0, 0.05) is 23.6 Å². The number of anilines is 1. The molecule has 2 heterocycles. The molecule has 0 bridgehead atoms. The first-order valence-electron chi connectivity index (χ1n) is 8.91. The maximum Gasteiger partial charge on any atom is 0.261 e. The number of fused-ring (bicyclic) bond motifs is 1. The zero-order valence-corrected chi connectivity index (χ0v) is 15.6. The maximum absolute atomic E-state index is 12.8. The molecule has 0 saturated carbocycles. The van der Waals surface area contributed by atoms with Gasteiger partial charge in [-0.2, -0.15) is 0 Å². The Kier molecular flexibility index (Phi) is 4.78. The van der Waals surface area contributed by atoms with Gasteiger partial charge in [-0.05, 0) is 60.2 Å². The summed E-state index contributed by atoms with van der Waals surface area (Å²) >= 11 is 0. The summed E-state index contributed by atoms with van der Waals surface area (Å²) in [4.78, 5) is 43.1. The first kappa shape index (κ1) is 18.4. The SMILES string of the molecule is COc1ccc(NC(=O)c2ccc3c(c2)C(=O)N(Cc2ccncc2)C3=O)cc1. The highest BCUT2D eigenvalue weighted by Gasteiger charge is 2.36. The van der Waals surface area contributed by atoms with Crippen LogP contribution < -0.4 is 10.1 Å². The Labute approximate surface area is 166 Å². The summed E-state index contributed by atoms with van der Waals surface area (Å²) in [6, 6.07) is 14.9. The van der Waals surface area contributed by atoms with Crippen LogP contribution in [0.15, 0.2) is 67.0 Å². The summed E-state index contributed by atoms with van der Waals surface area (Å²) in [5, 5.41) is 2.77. The third kappa shape index (κ3) is 3.58. The quantitative estimate of drug-likeness (QED) is 0.680. The smallest absolute Gasteiger partial charge is 0.261 e. The van der Waals surface area contributed by atoms with Gasteiger partial charge in [0.2, 0.25) is 0 Å². The largest absolute Gasteiger partial charge is 0.497 e. The van der Waals surface area contributed by atoms with E-state index in [4.69, 9.17) is 4.74 Å². The van der Waals surface area contributed by atoms with Crippen LogP contribution in [-0.4, -0.2) is 34.7 Å². The number of amides is 3. The fourth-order valence-electron chi connectivity index (χ4n) is 3.12. The summed E-state index contributed by atoms with van der Waals surface area (Å²) in [6.45, 7) is 0.155. The molecule has 0 saturated heterocycles. The highest BCUT2D eigenvalue weighted by Crippen LogP contribution is 2.26. The van der Waals surface area contributed by atoms with Gasteiger partial charge in [0.25, 0.3) is 17.7 Å². The van der Waals surface area contributed by atoms with E-state index >= 15 is 0 Å². The number of methoxy groups -OCH3 is 1. The molecule has 0 radical (unpaired) electrons. The molecule has 0 fully saturated rings. The predicted molar refractivity (Wildman–Crippen MR) is 106 cm³/mol. The summed E-state index contributed by atoms with van der Waals surface area (Å²) in [5.74, 6) is -0.477. The van der Waals surface area contributed by atoms with E-state index < -0.39 is 5.91 Å². The van der Waals surface area contributed by atoms with Crippen LogP contribution >= 0.6 is 0 Å². The lowest BCUT2D eigenvalue weighted by molar-refractivity contribution is 0.0642. The zero-order valence-electron chi connectivity index (χ0n) is 15.6. The molecule has 3 amide bonds. The van der Waals surface area contributed by atoms with E-state index in [1.165, 1.54) is 17.0 Å². The number of nitrogens with zero attached hydrogens (tertiary/aromatic N) is 2. The molecule has 0 spiro atoms. The van der Waals surface area contributed by atoms with E-state index in [2.05, 4.69) is 10.3 Å². The molecule has 0 aliphatic carbocycles. The summed E-state index contributed by atoms with van der Waals surface area (Å²) in [6.07, 6.45) is 3.21. The Balaban J connectivity index is 1.54. The third-order valence-corrected chi connectivity index (χ3v) is 4.67. The van der Waals surface area contributed by atoms with E-state index in [1.54, 1.807) is 62.0 Å². The highest BCUT2D eigenvalue weighted by atomic mass is 16.5. The summed E-state index contributed by atoms with van der Waals surface area (Å²) in [7, 11) is 1.56. The topological polar surface area (TPSA) is 88.6 Å². The molecule has 3 aromatic rings. The van der Waals surface area contributed by atoms with Crippen molar-refractivity contribution in [2.24, 2.45) is 0 Å². The van der Waals surface area contributed by atoms with Crippen molar-refractivity contribution in [3.63, 3.8) is 0 Å². The van der Waals surface area contributed by atoms with E-state index in [1.807, 2.05) is 0 Å².